The zero-order valence-corrected chi connectivity index (χ0v) is 63.8. The van der Waals surface area contributed by atoms with Crippen LogP contribution in [0.15, 0.2) is 133 Å². The van der Waals surface area contributed by atoms with E-state index in [-0.39, 0.29) is 77.0 Å². The number of carboxylic acid groups (broad SMARTS) is 2. The van der Waals surface area contributed by atoms with E-state index < -0.39 is 46.3 Å². The Bertz CT molecular complexity index is 3200. The number of hydrogen-bond acceptors (Lipinski definition) is 15. The zero-order valence-electron chi connectivity index (χ0n) is 59.5. The minimum Gasteiger partial charge on any atom is -0.508 e. The topological polar surface area (TPSA) is 287 Å². The van der Waals surface area contributed by atoms with Gasteiger partial charge in [-0.2, -0.15) is 0 Å². The summed E-state index contributed by atoms with van der Waals surface area (Å²) >= 11 is 4.51. The van der Waals surface area contributed by atoms with Crippen molar-refractivity contribution in [2.24, 2.45) is 35.3 Å². The van der Waals surface area contributed by atoms with Crippen molar-refractivity contribution in [3.8, 4) is 23.0 Å². The van der Waals surface area contributed by atoms with Gasteiger partial charge in [0.1, 0.15) is 51.4 Å². The molecule has 0 heterocycles. The Kier molecular flexibility index (Phi) is 37.2. The molecule has 8 N–H and O–H groups in total. The van der Waals surface area contributed by atoms with Gasteiger partial charge in [0.05, 0.1) is 29.6 Å². The Morgan fingerprint density at radius 2 is 0.646 bits per heavy atom. The molecule has 0 radical (unpaired) electrons. The van der Waals surface area contributed by atoms with E-state index in [0.29, 0.717) is 19.3 Å². The highest BCUT2D eigenvalue weighted by molar-refractivity contribution is 14.1. The number of aromatic hydroxyl groups is 4. The highest BCUT2D eigenvalue weighted by Crippen LogP contribution is 2.25. The van der Waals surface area contributed by atoms with E-state index in [2.05, 4.69) is 89.4 Å². The molecule has 0 aliphatic rings. The first kappa shape index (κ1) is 86.8. The van der Waals surface area contributed by atoms with Gasteiger partial charge >= 0.3 is 35.8 Å². The Morgan fingerprint density at radius 1 is 0.365 bits per heavy atom. The van der Waals surface area contributed by atoms with Crippen molar-refractivity contribution in [3.05, 3.63) is 185 Å². The van der Waals surface area contributed by atoms with Crippen molar-refractivity contribution < 1.29 is 78.4 Å². The zero-order chi connectivity index (χ0) is 73.6. The van der Waals surface area contributed by atoms with Gasteiger partial charge in [0.25, 0.3) is 0 Å². The van der Waals surface area contributed by atoms with Crippen LogP contribution in [-0.4, -0.2) is 94.9 Å². The van der Waals surface area contributed by atoms with Crippen LogP contribution < -0.4 is 5.73 Å². The number of carbonyl (C=O) groups is 6. The second-order valence-electron chi connectivity index (χ2n) is 28.0. The smallest absolute Gasteiger partial charge is 0.320 e. The summed E-state index contributed by atoms with van der Waals surface area (Å²) in [7, 11) is 0. The number of carboxylic acids is 2. The number of ether oxygens (including phenoxy) is 4. The SMILES string of the molecule is CC(Cc1cc(O)ccc1I)C(=O)OC(C)(C)C.CC(Cc1cccc(O)c1)C(=O)O.CC(Cc1cccc(O)c1)C(=O)OC(C)(C)C.Cc1ccc(I)c(CC(C)C(=O)OC(C)(C)C)c1.Cc1cccc(CC(C)C(=O)OC(C)(C)C)c1.NC(Cc1cccc(O)c1)C(=O)O. The standard InChI is InChI=1S/C15H21IO2.C15H22O2.C14H19IO3.C14H20O3.C10H12O3.C9H11NO3/c1-10-6-7-13(16)12(8-10)9-11(2)14(17)18-15(3,4)5;1-11-7-6-8-13(9-11)10-12(2)14(16)17-15(3,4)5;1-9(13(17)18-14(2,3)4)7-10-8-11(16)5-6-12(10)15;1-10(13(16)17-14(2,3)4)8-11-6-5-7-12(15)9-11;1-7(10(12)13)5-8-3-2-4-9(11)6-8;10-8(9(12)13)5-6-2-1-3-7(11)4-6/h6-8,11H,9H2,1-5H3;6-9,12H,10H2,1-5H3;5-6,8-9,16H,7H2,1-4H3;5-7,9-10,15H,8H2,1-4H3;2-4,6-7,11H,5H2,1H3,(H,12,13);1-4,8,11H,5,10H2,(H,12,13). The van der Waals surface area contributed by atoms with E-state index >= 15 is 0 Å². The molecule has 0 spiro atoms. The number of hydrogen-bond donors (Lipinski definition) is 7. The molecule has 528 valence electrons. The molecule has 0 amide bonds. The molecule has 6 unspecified atom stereocenters. The molecule has 17 nitrogen and oxygen atoms in total. The van der Waals surface area contributed by atoms with Crippen LogP contribution in [0.4, 0.5) is 0 Å². The maximum absolute atomic E-state index is 11.9. The molecule has 0 aliphatic heterocycles. The highest BCUT2D eigenvalue weighted by Gasteiger charge is 2.26. The van der Waals surface area contributed by atoms with E-state index in [1.54, 1.807) is 73.7 Å². The third-order valence-corrected chi connectivity index (χ3v) is 15.3. The van der Waals surface area contributed by atoms with Crippen molar-refractivity contribution >= 4 is 81.0 Å². The van der Waals surface area contributed by atoms with Crippen LogP contribution in [0.5, 0.6) is 23.0 Å². The summed E-state index contributed by atoms with van der Waals surface area (Å²) in [4.78, 5) is 68.3. The van der Waals surface area contributed by atoms with E-state index in [1.807, 2.05) is 135 Å². The van der Waals surface area contributed by atoms with Gasteiger partial charge in [-0.05, 0) is 275 Å². The second-order valence-corrected chi connectivity index (χ2v) is 30.3. The van der Waals surface area contributed by atoms with E-state index in [0.717, 1.165) is 38.7 Å². The minimum absolute atomic E-state index is 0.101. The van der Waals surface area contributed by atoms with Crippen molar-refractivity contribution in [3.63, 3.8) is 0 Å². The largest absolute Gasteiger partial charge is 0.508 e. The Balaban J connectivity index is 0.000000578. The molecule has 96 heavy (non-hydrogen) atoms. The first-order valence-electron chi connectivity index (χ1n) is 31.9. The molecule has 0 saturated carbocycles. The number of nitrogens with two attached hydrogens (primary N) is 1. The molecule has 6 aromatic rings. The number of phenols is 4. The number of benzene rings is 6. The average Bonchev–Trinajstić information content (AvgIpc) is 0.966. The fourth-order valence-electron chi connectivity index (χ4n) is 8.56. The highest BCUT2D eigenvalue weighted by atomic mass is 127. The number of aliphatic carboxylic acids is 2. The predicted molar refractivity (Wildman–Crippen MR) is 395 cm³/mol. The maximum atomic E-state index is 11.9. The number of phenolic OH excluding ortho intramolecular Hbond substituents is 4. The summed E-state index contributed by atoms with van der Waals surface area (Å²) in [5.41, 5.74) is 11.9. The fourth-order valence-corrected chi connectivity index (χ4v) is 9.67. The molecule has 19 heteroatoms. The van der Waals surface area contributed by atoms with Crippen LogP contribution in [0.3, 0.4) is 0 Å². The average molecular weight is 1550 g/mol. The van der Waals surface area contributed by atoms with Crippen LogP contribution in [0, 0.1) is 50.6 Å². The molecular weight excluding hydrogens is 1450 g/mol. The number of rotatable bonds is 18. The molecule has 6 aromatic carbocycles. The second kappa shape index (κ2) is 41.1. The summed E-state index contributed by atoms with van der Waals surface area (Å²) in [6, 6.07) is 38.8. The molecule has 0 fully saturated rings. The van der Waals surface area contributed by atoms with E-state index in [9.17, 15) is 39.0 Å². The first-order valence-corrected chi connectivity index (χ1v) is 34.0. The molecule has 0 aliphatic carbocycles. The molecule has 6 atom stereocenters. The number of carbonyl (C=O) groups excluding carboxylic acids is 4. The minimum atomic E-state index is -1.04. The lowest BCUT2D eigenvalue weighted by Crippen LogP contribution is -2.32. The van der Waals surface area contributed by atoms with Gasteiger partial charge in [0.15, 0.2) is 0 Å². The lowest BCUT2D eigenvalue weighted by molar-refractivity contribution is -0.160. The fraction of sp³-hybridized carbons (Fsp3) is 0.455. The van der Waals surface area contributed by atoms with E-state index in [4.69, 9.17) is 45.1 Å². The Morgan fingerprint density at radius 3 is 0.969 bits per heavy atom. The van der Waals surface area contributed by atoms with Crippen molar-refractivity contribution in [1.82, 2.24) is 0 Å². The lowest BCUT2D eigenvalue weighted by Gasteiger charge is -2.22. The third-order valence-electron chi connectivity index (χ3n) is 13.2. The summed E-state index contributed by atoms with van der Waals surface area (Å²) in [5, 5.41) is 54.2. The summed E-state index contributed by atoms with van der Waals surface area (Å²) in [5.74, 6) is -2.84. The number of halogens is 2. The van der Waals surface area contributed by atoms with Gasteiger partial charge in [0.2, 0.25) is 0 Å². The summed E-state index contributed by atoms with van der Waals surface area (Å²) in [6.07, 6.45) is 3.28. The molecule has 6 rings (SSSR count). The van der Waals surface area contributed by atoms with Gasteiger partial charge < -0.3 is 55.3 Å². The molecule has 0 saturated heterocycles. The van der Waals surface area contributed by atoms with Crippen LogP contribution in [0.1, 0.15) is 162 Å². The van der Waals surface area contributed by atoms with Gasteiger partial charge in [-0.15, -0.1) is 0 Å². The summed E-state index contributed by atoms with van der Waals surface area (Å²) in [6.45, 7) is 35.8. The van der Waals surface area contributed by atoms with Crippen LogP contribution in [0.2, 0.25) is 0 Å². The van der Waals surface area contributed by atoms with Crippen molar-refractivity contribution in [1.29, 1.82) is 0 Å². The Hall–Kier alpha value is -7.24. The maximum Gasteiger partial charge on any atom is 0.320 e. The molecule has 0 bridgehead atoms. The van der Waals surface area contributed by atoms with Crippen LogP contribution in [-0.2, 0) is 86.2 Å². The predicted octanol–water partition coefficient (Wildman–Crippen LogP) is 16.1. The number of esters is 4. The van der Waals surface area contributed by atoms with Crippen molar-refractivity contribution in [2.45, 2.75) is 199 Å². The lowest BCUT2D eigenvalue weighted by atomic mass is 9.99. The monoisotopic (exact) mass is 1550 g/mol. The van der Waals surface area contributed by atoms with Gasteiger partial charge in [-0.3, -0.25) is 28.8 Å². The van der Waals surface area contributed by atoms with Crippen LogP contribution in [0.25, 0.3) is 0 Å². The first-order chi connectivity index (χ1) is 44.1. The Labute approximate surface area is 597 Å². The molecular formula is C77H105I2NO16. The van der Waals surface area contributed by atoms with Gasteiger partial charge in [-0.25, -0.2) is 0 Å². The van der Waals surface area contributed by atoms with Crippen molar-refractivity contribution in [2.75, 3.05) is 0 Å². The quantitative estimate of drug-likeness (QED) is 0.0239. The molecule has 0 aromatic heterocycles. The van der Waals surface area contributed by atoms with Gasteiger partial charge in [-0.1, -0.05) is 119 Å². The summed E-state index contributed by atoms with van der Waals surface area (Å²) < 4.78 is 23.6. The van der Waals surface area contributed by atoms with Gasteiger partial charge in [0, 0.05) is 7.14 Å². The van der Waals surface area contributed by atoms with Crippen LogP contribution >= 0.6 is 45.2 Å². The number of aryl methyl sites for hydroxylation is 2. The normalized spacial score (nSPS) is 13.0. The third kappa shape index (κ3) is 39.7. The van der Waals surface area contributed by atoms with E-state index in [1.165, 1.54) is 38.0 Å².